The molecule has 12 heteroatoms. The van der Waals surface area contributed by atoms with Gasteiger partial charge in [-0.1, -0.05) is 0 Å². The van der Waals surface area contributed by atoms with E-state index < -0.39 is 11.6 Å². The van der Waals surface area contributed by atoms with Crippen molar-refractivity contribution in [3.05, 3.63) is 60.0 Å². The van der Waals surface area contributed by atoms with Crippen molar-refractivity contribution < 1.29 is 17.9 Å². The highest BCUT2D eigenvalue weighted by atomic mass is 19.1. The maximum absolute atomic E-state index is 15.2. The molecule has 37 heavy (non-hydrogen) atoms. The van der Waals surface area contributed by atoms with Gasteiger partial charge in [0, 0.05) is 55.5 Å². The Morgan fingerprint density at radius 3 is 2.68 bits per heavy atom. The summed E-state index contributed by atoms with van der Waals surface area (Å²) in [6.07, 6.45) is 1.58. The van der Waals surface area contributed by atoms with Crippen molar-refractivity contribution in [1.29, 1.82) is 0 Å². The molecule has 0 atom stereocenters. The third kappa shape index (κ3) is 4.58. The molecule has 0 aliphatic carbocycles. The number of fused-ring (bicyclic) bond motifs is 1. The molecule has 0 spiro atoms. The van der Waals surface area contributed by atoms with E-state index >= 15 is 4.39 Å². The van der Waals surface area contributed by atoms with Crippen LogP contribution in [0.25, 0.3) is 22.4 Å². The number of furan rings is 1. The SMILES string of the molecule is Cc1cc2c(F)c(Oc3cc(Nc4cc(-c5ccco5)[nH]n4)nc(N4CCN(C)CC4)n3)cc(F)c2[nH]1. The zero-order chi connectivity index (χ0) is 25.5. The number of hydrogen-bond donors (Lipinski definition) is 3. The van der Waals surface area contributed by atoms with Gasteiger partial charge in [0.15, 0.2) is 29.0 Å². The molecule has 3 N–H and O–H groups in total. The number of nitrogens with one attached hydrogen (secondary N) is 3. The largest absolute Gasteiger partial charge is 0.463 e. The number of anilines is 3. The molecule has 0 radical (unpaired) electrons. The van der Waals surface area contributed by atoms with Crippen LogP contribution in [0.1, 0.15) is 5.69 Å². The molecule has 5 heterocycles. The molecular weight excluding hydrogens is 482 g/mol. The molecule has 0 saturated carbocycles. The average molecular weight is 507 g/mol. The van der Waals surface area contributed by atoms with E-state index in [-0.39, 0.29) is 22.5 Å². The van der Waals surface area contributed by atoms with Crippen LogP contribution in [0.4, 0.5) is 26.4 Å². The number of benzene rings is 1. The summed E-state index contributed by atoms with van der Waals surface area (Å²) >= 11 is 0. The Bertz CT molecular complexity index is 1550. The van der Waals surface area contributed by atoms with Crippen molar-refractivity contribution in [2.75, 3.05) is 43.4 Å². The molecule has 0 unspecified atom stereocenters. The fraction of sp³-hybridized carbons (Fsp3) is 0.240. The number of halogens is 2. The van der Waals surface area contributed by atoms with E-state index in [0.717, 1.165) is 19.2 Å². The van der Waals surface area contributed by atoms with Crippen LogP contribution in [0, 0.1) is 18.6 Å². The predicted octanol–water partition coefficient (Wildman–Crippen LogP) is 4.82. The van der Waals surface area contributed by atoms with Crippen LogP contribution < -0.4 is 15.0 Å². The lowest BCUT2D eigenvalue weighted by Gasteiger charge is -2.32. The number of H-pyrrole nitrogens is 2. The van der Waals surface area contributed by atoms with Gasteiger partial charge in [-0.15, -0.1) is 0 Å². The van der Waals surface area contributed by atoms with Gasteiger partial charge in [-0.05, 0) is 32.2 Å². The fourth-order valence-corrected chi connectivity index (χ4v) is 4.27. The first-order valence-corrected chi connectivity index (χ1v) is 11.8. The maximum Gasteiger partial charge on any atom is 0.230 e. The summed E-state index contributed by atoms with van der Waals surface area (Å²) in [6, 6.07) is 9.45. The van der Waals surface area contributed by atoms with Crippen LogP contribution in [-0.2, 0) is 0 Å². The molecule has 5 aromatic rings. The van der Waals surface area contributed by atoms with Gasteiger partial charge < -0.3 is 29.3 Å². The van der Waals surface area contributed by atoms with Gasteiger partial charge in [-0.25, -0.2) is 8.78 Å². The van der Waals surface area contributed by atoms with E-state index in [4.69, 9.17) is 9.15 Å². The fourth-order valence-electron chi connectivity index (χ4n) is 4.27. The van der Waals surface area contributed by atoms with E-state index in [0.29, 0.717) is 47.8 Å². The van der Waals surface area contributed by atoms with Crippen molar-refractivity contribution in [2.45, 2.75) is 6.92 Å². The lowest BCUT2D eigenvalue weighted by molar-refractivity contribution is 0.310. The number of aromatic amines is 2. The van der Waals surface area contributed by atoms with Crippen LogP contribution in [0.5, 0.6) is 11.6 Å². The summed E-state index contributed by atoms with van der Waals surface area (Å²) in [4.78, 5) is 16.2. The minimum atomic E-state index is -0.676. The van der Waals surface area contributed by atoms with E-state index in [1.807, 2.05) is 11.0 Å². The van der Waals surface area contributed by atoms with Crippen molar-refractivity contribution in [1.82, 2.24) is 30.0 Å². The van der Waals surface area contributed by atoms with Crippen molar-refractivity contribution in [3.63, 3.8) is 0 Å². The number of hydrogen-bond acceptors (Lipinski definition) is 8. The summed E-state index contributed by atoms with van der Waals surface area (Å²) in [5.74, 6) is 0.430. The molecule has 1 fully saturated rings. The Kier molecular flexibility index (Phi) is 5.72. The Morgan fingerprint density at radius 2 is 1.89 bits per heavy atom. The molecule has 1 aliphatic heterocycles. The second-order valence-electron chi connectivity index (χ2n) is 8.96. The summed E-state index contributed by atoms with van der Waals surface area (Å²) < 4.78 is 41.1. The van der Waals surface area contributed by atoms with Crippen LogP contribution in [0.2, 0.25) is 0 Å². The van der Waals surface area contributed by atoms with Crippen molar-refractivity contribution in [3.8, 4) is 23.1 Å². The van der Waals surface area contributed by atoms with Gasteiger partial charge in [-0.2, -0.15) is 15.1 Å². The van der Waals surface area contributed by atoms with Gasteiger partial charge in [0.1, 0.15) is 11.5 Å². The highest BCUT2D eigenvalue weighted by Crippen LogP contribution is 2.33. The minimum absolute atomic E-state index is 0.0677. The van der Waals surface area contributed by atoms with Gasteiger partial charge in [-0.3, -0.25) is 5.10 Å². The highest BCUT2D eigenvalue weighted by molar-refractivity contribution is 5.83. The number of nitrogens with zero attached hydrogens (tertiary/aromatic N) is 5. The average Bonchev–Trinajstić information content (AvgIpc) is 3.64. The quantitative estimate of drug-likeness (QED) is 0.301. The molecule has 1 saturated heterocycles. The van der Waals surface area contributed by atoms with Crippen molar-refractivity contribution >= 4 is 28.5 Å². The third-order valence-electron chi connectivity index (χ3n) is 6.21. The summed E-state index contributed by atoms with van der Waals surface area (Å²) in [5, 5.41) is 10.4. The number of aromatic nitrogens is 5. The topological polar surface area (TPSA) is 111 Å². The van der Waals surface area contributed by atoms with Crippen LogP contribution in [-0.4, -0.2) is 63.3 Å². The molecule has 10 nitrogen and oxygen atoms in total. The van der Waals surface area contributed by atoms with E-state index in [9.17, 15) is 4.39 Å². The zero-order valence-corrected chi connectivity index (χ0v) is 20.2. The lowest BCUT2D eigenvalue weighted by atomic mass is 10.2. The lowest BCUT2D eigenvalue weighted by Crippen LogP contribution is -2.45. The zero-order valence-electron chi connectivity index (χ0n) is 20.2. The first kappa shape index (κ1) is 23.0. The molecule has 0 bridgehead atoms. The maximum atomic E-state index is 15.2. The molecular formula is C25H24F2N8O2. The first-order chi connectivity index (χ1) is 17.9. The smallest absolute Gasteiger partial charge is 0.230 e. The number of ether oxygens (including phenoxy) is 1. The first-order valence-electron chi connectivity index (χ1n) is 11.8. The molecule has 1 aliphatic rings. The molecule has 4 aromatic heterocycles. The summed E-state index contributed by atoms with van der Waals surface area (Å²) in [6.45, 7) is 4.83. The monoisotopic (exact) mass is 506 g/mol. The van der Waals surface area contributed by atoms with Crippen LogP contribution in [0.15, 0.2) is 47.1 Å². The van der Waals surface area contributed by atoms with Gasteiger partial charge in [0.2, 0.25) is 11.8 Å². The Balaban J connectivity index is 1.34. The highest BCUT2D eigenvalue weighted by Gasteiger charge is 2.21. The minimum Gasteiger partial charge on any atom is -0.463 e. The van der Waals surface area contributed by atoms with Crippen LogP contribution in [0.3, 0.4) is 0 Å². The molecule has 190 valence electrons. The van der Waals surface area contributed by atoms with Crippen LogP contribution >= 0.6 is 0 Å². The van der Waals surface area contributed by atoms with E-state index in [2.05, 4.69) is 42.4 Å². The number of likely N-dealkylation sites (N-methyl/N-ethyl adjacent to an activating group) is 1. The van der Waals surface area contributed by atoms with Crippen molar-refractivity contribution in [2.24, 2.45) is 0 Å². The molecule has 0 amide bonds. The number of aryl methyl sites for hydroxylation is 1. The Hall–Kier alpha value is -4.45. The van der Waals surface area contributed by atoms with E-state index in [1.165, 1.54) is 12.1 Å². The number of piperazine rings is 1. The van der Waals surface area contributed by atoms with Gasteiger partial charge in [0.05, 0.1) is 11.8 Å². The Morgan fingerprint density at radius 1 is 1.05 bits per heavy atom. The van der Waals surface area contributed by atoms with E-state index in [1.54, 1.807) is 25.3 Å². The van der Waals surface area contributed by atoms with Gasteiger partial charge in [0.25, 0.3) is 0 Å². The Labute approximate surface area is 210 Å². The second-order valence-corrected chi connectivity index (χ2v) is 8.96. The number of rotatable bonds is 6. The molecule has 6 rings (SSSR count). The second kappa shape index (κ2) is 9.21. The summed E-state index contributed by atoms with van der Waals surface area (Å²) in [5.41, 5.74) is 1.42. The summed E-state index contributed by atoms with van der Waals surface area (Å²) in [7, 11) is 2.05. The predicted molar refractivity (Wildman–Crippen MR) is 134 cm³/mol. The third-order valence-corrected chi connectivity index (χ3v) is 6.21. The molecule has 1 aromatic carbocycles. The normalized spacial score (nSPS) is 14.4. The van der Waals surface area contributed by atoms with Gasteiger partial charge >= 0.3 is 0 Å². The standard InChI is InChI=1S/C25H24F2N8O2/c1-14-10-15-23(27)19(11-16(26)24(15)28-14)37-22-13-20(30-25(31-22)35-7-5-34(2)6-8-35)29-21-12-17(32-33-21)18-4-3-9-36-18/h3-4,9-13,28H,5-8H2,1-2H3,(H2,29,30,31,32,33).